The SMILES string of the molecule is Cc1cc2c(c(C(C)C)c1)OC(C(C)C)=C(C(=O)C(C)C)C2. The number of Topliss-reactive ketones (excluding diaryl/α,β-unsaturated/α-hetero) is 1. The fourth-order valence-corrected chi connectivity index (χ4v) is 3.04. The van der Waals surface area contributed by atoms with Gasteiger partial charge >= 0.3 is 0 Å². The first kappa shape index (κ1) is 16.8. The summed E-state index contributed by atoms with van der Waals surface area (Å²) in [5.41, 5.74) is 4.48. The molecule has 0 unspecified atom stereocenters. The van der Waals surface area contributed by atoms with Crippen LogP contribution in [0.25, 0.3) is 0 Å². The summed E-state index contributed by atoms with van der Waals surface area (Å²) in [6.45, 7) is 14.6. The lowest BCUT2D eigenvalue weighted by Crippen LogP contribution is -2.23. The highest BCUT2D eigenvalue weighted by Crippen LogP contribution is 2.40. The van der Waals surface area contributed by atoms with Gasteiger partial charge < -0.3 is 4.74 Å². The first-order valence-corrected chi connectivity index (χ1v) is 8.30. The van der Waals surface area contributed by atoms with Crippen molar-refractivity contribution in [3.05, 3.63) is 40.2 Å². The number of allylic oxidation sites excluding steroid dienone is 2. The fourth-order valence-electron chi connectivity index (χ4n) is 3.04. The highest BCUT2D eigenvalue weighted by atomic mass is 16.5. The summed E-state index contributed by atoms with van der Waals surface area (Å²) >= 11 is 0. The third-order valence-electron chi connectivity index (χ3n) is 4.18. The zero-order valence-electron chi connectivity index (χ0n) is 14.9. The molecule has 2 heteroatoms. The van der Waals surface area contributed by atoms with Crippen molar-refractivity contribution in [3.8, 4) is 5.75 Å². The van der Waals surface area contributed by atoms with Crippen molar-refractivity contribution in [3.63, 3.8) is 0 Å². The lowest BCUT2D eigenvalue weighted by Gasteiger charge is -2.29. The number of ketones is 1. The van der Waals surface area contributed by atoms with Crippen LogP contribution in [0, 0.1) is 18.8 Å². The van der Waals surface area contributed by atoms with Gasteiger partial charge in [-0.15, -0.1) is 0 Å². The van der Waals surface area contributed by atoms with E-state index < -0.39 is 0 Å². The van der Waals surface area contributed by atoms with Crippen LogP contribution in [-0.2, 0) is 11.2 Å². The van der Waals surface area contributed by atoms with Gasteiger partial charge in [0.1, 0.15) is 11.5 Å². The van der Waals surface area contributed by atoms with Crippen LogP contribution < -0.4 is 4.74 Å². The van der Waals surface area contributed by atoms with Gasteiger partial charge in [0.25, 0.3) is 0 Å². The summed E-state index contributed by atoms with van der Waals surface area (Å²) in [7, 11) is 0. The molecular weight excluding hydrogens is 272 g/mol. The van der Waals surface area contributed by atoms with Crippen molar-refractivity contribution in [1.29, 1.82) is 0 Å². The van der Waals surface area contributed by atoms with Crippen LogP contribution in [0.5, 0.6) is 5.75 Å². The second kappa shape index (κ2) is 6.28. The predicted octanol–water partition coefficient (Wildman–Crippen LogP) is 5.19. The van der Waals surface area contributed by atoms with Crippen LogP contribution >= 0.6 is 0 Å². The average Bonchev–Trinajstić information content (AvgIpc) is 2.43. The van der Waals surface area contributed by atoms with E-state index >= 15 is 0 Å². The van der Waals surface area contributed by atoms with Gasteiger partial charge in [-0.2, -0.15) is 0 Å². The van der Waals surface area contributed by atoms with Crippen LogP contribution in [0.15, 0.2) is 23.5 Å². The molecule has 2 nitrogen and oxygen atoms in total. The van der Waals surface area contributed by atoms with E-state index in [0.717, 1.165) is 22.6 Å². The first-order chi connectivity index (χ1) is 10.2. The number of fused-ring (bicyclic) bond motifs is 1. The lowest BCUT2D eigenvalue weighted by molar-refractivity contribution is -0.118. The maximum atomic E-state index is 12.6. The smallest absolute Gasteiger partial charge is 0.165 e. The van der Waals surface area contributed by atoms with Gasteiger partial charge in [0.05, 0.1) is 0 Å². The molecule has 0 amide bonds. The number of rotatable bonds is 4. The molecule has 0 radical (unpaired) electrons. The maximum absolute atomic E-state index is 12.6. The van der Waals surface area contributed by atoms with E-state index in [2.05, 4.69) is 46.8 Å². The second-order valence-corrected chi connectivity index (χ2v) is 7.29. The molecule has 0 atom stereocenters. The summed E-state index contributed by atoms with van der Waals surface area (Å²) in [5.74, 6) is 2.67. The molecule has 1 aliphatic heterocycles. The quantitative estimate of drug-likeness (QED) is 0.765. The Kier molecular flexibility index (Phi) is 4.79. The second-order valence-electron chi connectivity index (χ2n) is 7.29. The number of hydrogen-bond acceptors (Lipinski definition) is 2. The van der Waals surface area contributed by atoms with E-state index in [4.69, 9.17) is 4.74 Å². The van der Waals surface area contributed by atoms with Crippen molar-refractivity contribution in [1.82, 2.24) is 0 Å². The molecule has 0 saturated heterocycles. The summed E-state index contributed by atoms with van der Waals surface area (Å²) in [6, 6.07) is 4.36. The summed E-state index contributed by atoms with van der Waals surface area (Å²) in [5, 5.41) is 0. The Balaban J connectivity index is 2.57. The molecule has 0 fully saturated rings. The Morgan fingerprint density at radius 1 is 1.05 bits per heavy atom. The molecule has 22 heavy (non-hydrogen) atoms. The normalized spacial score (nSPS) is 14.6. The number of carbonyl (C=O) groups is 1. The van der Waals surface area contributed by atoms with Crippen LogP contribution in [-0.4, -0.2) is 5.78 Å². The highest BCUT2D eigenvalue weighted by molar-refractivity contribution is 5.98. The standard InChI is InChI=1S/C20H28O2/c1-11(2)16-9-14(7)8-15-10-17(18(21)12(3)4)19(13(5)6)22-20(15)16/h8-9,11-13H,10H2,1-7H3. The molecule has 1 aromatic carbocycles. The van der Waals surface area contributed by atoms with Crippen LogP contribution in [0.1, 0.15) is 64.2 Å². The van der Waals surface area contributed by atoms with Gasteiger partial charge in [-0.1, -0.05) is 59.2 Å². The van der Waals surface area contributed by atoms with E-state index in [1.165, 1.54) is 11.1 Å². The first-order valence-electron chi connectivity index (χ1n) is 8.30. The van der Waals surface area contributed by atoms with Gasteiger partial charge in [0, 0.05) is 23.8 Å². The van der Waals surface area contributed by atoms with Gasteiger partial charge in [-0.3, -0.25) is 4.79 Å². The fraction of sp³-hybridized carbons (Fsp3) is 0.550. The van der Waals surface area contributed by atoms with Crippen LogP contribution in [0.3, 0.4) is 0 Å². The third-order valence-corrected chi connectivity index (χ3v) is 4.18. The van der Waals surface area contributed by atoms with Crippen LogP contribution in [0.2, 0.25) is 0 Å². The van der Waals surface area contributed by atoms with Crippen molar-refractivity contribution < 1.29 is 9.53 Å². The summed E-state index contributed by atoms with van der Waals surface area (Å²) < 4.78 is 6.28. The molecule has 0 spiro atoms. The molecule has 1 heterocycles. The Hall–Kier alpha value is -1.57. The van der Waals surface area contributed by atoms with Crippen LogP contribution in [0.4, 0.5) is 0 Å². The minimum atomic E-state index is 0.00304. The molecular formula is C20H28O2. The summed E-state index contributed by atoms with van der Waals surface area (Å²) in [4.78, 5) is 12.6. The van der Waals surface area contributed by atoms with Crippen molar-refractivity contribution in [2.45, 2.75) is 60.8 Å². The van der Waals surface area contributed by atoms with E-state index in [1.807, 2.05) is 13.8 Å². The molecule has 1 aliphatic rings. The Morgan fingerprint density at radius 2 is 1.68 bits per heavy atom. The predicted molar refractivity (Wildman–Crippen MR) is 91.3 cm³/mol. The molecule has 0 aromatic heterocycles. The van der Waals surface area contributed by atoms with E-state index in [-0.39, 0.29) is 17.6 Å². The molecule has 1 aromatic rings. The third kappa shape index (κ3) is 3.11. The number of aryl methyl sites for hydroxylation is 1. The molecule has 0 N–H and O–H groups in total. The molecule has 0 aliphatic carbocycles. The van der Waals surface area contributed by atoms with E-state index in [0.29, 0.717) is 12.3 Å². The van der Waals surface area contributed by atoms with E-state index in [9.17, 15) is 4.79 Å². The molecule has 2 rings (SSSR count). The van der Waals surface area contributed by atoms with Gasteiger partial charge in [-0.05, 0) is 24.0 Å². The zero-order valence-corrected chi connectivity index (χ0v) is 14.9. The van der Waals surface area contributed by atoms with Crippen molar-refractivity contribution in [2.24, 2.45) is 11.8 Å². The highest BCUT2D eigenvalue weighted by Gasteiger charge is 2.29. The van der Waals surface area contributed by atoms with E-state index in [1.54, 1.807) is 0 Å². The topological polar surface area (TPSA) is 26.3 Å². The Morgan fingerprint density at radius 3 is 2.18 bits per heavy atom. The van der Waals surface area contributed by atoms with Gasteiger partial charge in [-0.25, -0.2) is 0 Å². The molecule has 0 saturated carbocycles. The van der Waals surface area contributed by atoms with Gasteiger partial charge in [0.2, 0.25) is 0 Å². The number of benzene rings is 1. The van der Waals surface area contributed by atoms with Gasteiger partial charge in [0.15, 0.2) is 5.78 Å². The zero-order chi connectivity index (χ0) is 16.6. The Bertz CT molecular complexity index is 619. The van der Waals surface area contributed by atoms with Crippen molar-refractivity contribution in [2.75, 3.05) is 0 Å². The number of ether oxygens (including phenoxy) is 1. The lowest BCUT2D eigenvalue weighted by atomic mass is 9.86. The number of carbonyl (C=O) groups excluding carboxylic acids is 1. The average molecular weight is 300 g/mol. The monoisotopic (exact) mass is 300 g/mol. The minimum Gasteiger partial charge on any atom is -0.460 e. The molecule has 120 valence electrons. The molecule has 0 bridgehead atoms. The largest absolute Gasteiger partial charge is 0.460 e. The number of hydrogen-bond donors (Lipinski definition) is 0. The minimum absolute atomic E-state index is 0.00304. The Labute approximate surface area is 134 Å². The maximum Gasteiger partial charge on any atom is 0.165 e. The summed E-state index contributed by atoms with van der Waals surface area (Å²) in [6.07, 6.45) is 0.696. The van der Waals surface area contributed by atoms with Crippen molar-refractivity contribution >= 4 is 5.78 Å².